The fourth-order valence-corrected chi connectivity index (χ4v) is 2.20. The Morgan fingerprint density at radius 1 is 1.53 bits per heavy atom. The van der Waals surface area contributed by atoms with Gasteiger partial charge in [0.2, 0.25) is 0 Å². The van der Waals surface area contributed by atoms with Crippen LogP contribution in [0.1, 0.15) is 5.56 Å². The summed E-state index contributed by atoms with van der Waals surface area (Å²) in [6.07, 6.45) is 3.22. The molecule has 0 saturated heterocycles. The number of hydrogen-bond donors (Lipinski definition) is 1. The van der Waals surface area contributed by atoms with Crippen molar-refractivity contribution in [3.63, 3.8) is 0 Å². The number of rotatable bonds is 3. The molecule has 0 amide bonds. The van der Waals surface area contributed by atoms with Gasteiger partial charge in [0.15, 0.2) is 0 Å². The van der Waals surface area contributed by atoms with Crippen LogP contribution in [0.25, 0.3) is 5.69 Å². The standard InChI is InChI=1S/C11H8BrClN2O2/c12-9-3-7(4-11(16)17)1-2-10(9)15-6-8(13)5-14-15/h1-3,5-6H,4H2,(H,16,17). The van der Waals surface area contributed by atoms with Gasteiger partial charge in [-0.1, -0.05) is 17.7 Å². The van der Waals surface area contributed by atoms with Crippen molar-refractivity contribution in [1.82, 2.24) is 9.78 Å². The summed E-state index contributed by atoms with van der Waals surface area (Å²) >= 11 is 9.17. The molecule has 4 nitrogen and oxygen atoms in total. The molecule has 0 atom stereocenters. The monoisotopic (exact) mass is 314 g/mol. The number of benzene rings is 1. The predicted molar refractivity (Wildman–Crippen MR) is 67.6 cm³/mol. The second-order valence-corrected chi connectivity index (χ2v) is 4.75. The van der Waals surface area contributed by atoms with Gasteiger partial charge in [-0.25, -0.2) is 4.68 Å². The number of halogens is 2. The van der Waals surface area contributed by atoms with Crippen LogP contribution in [0.15, 0.2) is 35.1 Å². The van der Waals surface area contributed by atoms with E-state index in [4.69, 9.17) is 16.7 Å². The Bertz CT molecular complexity index is 568. The van der Waals surface area contributed by atoms with Gasteiger partial charge in [0.05, 0.1) is 23.3 Å². The Balaban J connectivity index is 2.34. The molecule has 0 bridgehead atoms. The van der Waals surface area contributed by atoms with Gasteiger partial charge in [-0.2, -0.15) is 5.10 Å². The van der Waals surface area contributed by atoms with Gasteiger partial charge < -0.3 is 5.11 Å². The molecule has 1 aromatic carbocycles. The molecular weight excluding hydrogens is 307 g/mol. The van der Waals surface area contributed by atoms with Crippen molar-refractivity contribution in [3.8, 4) is 5.69 Å². The summed E-state index contributed by atoms with van der Waals surface area (Å²) in [6, 6.07) is 5.31. The van der Waals surface area contributed by atoms with Gasteiger partial charge in [-0.05, 0) is 33.6 Å². The minimum absolute atomic E-state index is 0.00125. The lowest BCUT2D eigenvalue weighted by molar-refractivity contribution is -0.136. The highest BCUT2D eigenvalue weighted by Gasteiger charge is 2.07. The van der Waals surface area contributed by atoms with E-state index in [0.29, 0.717) is 5.02 Å². The van der Waals surface area contributed by atoms with Gasteiger partial charge in [-0.15, -0.1) is 0 Å². The quantitative estimate of drug-likeness (QED) is 0.947. The van der Waals surface area contributed by atoms with Crippen LogP contribution in [0.5, 0.6) is 0 Å². The van der Waals surface area contributed by atoms with Crippen LogP contribution in [-0.4, -0.2) is 20.9 Å². The van der Waals surface area contributed by atoms with Gasteiger partial charge >= 0.3 is 5.97 Å². The Hall–Kier alpha value is -1.33. The molecular formula is C11H8BrClN2O2. The number of carboxylic acid groups (broad SMARTS) is 1. The van der Waals surface area contributed by atoms with Crippen molar-refractivity contribution in [2.24, 2.45) is 0 Å². The Kier molecular flexibility index (Phi) is 3.49. The number of aliphatic carboxylic acids is 1. The van der Waals surface area contributed by atoms with Crippen LogP contribution in [0.4, 0.5) is 0 Å². The van der Waals surface area contributed by atoms with Crippen molar-refractivity contribution >= 4 is 33.5 Å². The van der Waals surface area contributed by atoms with E-state index in [9.17, 15) is 4.79 Å². The minimum Gasteiger partial charge on any atom is -0.481 e. The Morgan fingerprint density at radius 2 is 2.29 bits per heavy atom. The first-order valence-electron chi connectivity index (χ1n) is 4.77. The molecule has 1 N–H and O–H groups in total. The summed E-state index contributed by atoms with van der Waals surface area (Å²) in [5, 5.41) is 13.3. The zero-order valence-electron chi connectivity index (χ0n) is 8.60. The summed E-state index contributed by atoms with van der Waals surface area (Å²) < 4.78 is 2.40. The van der Waals surface area contributed by atoms with Crippen LogP contribution >= 0.6 is 27.5 Å². The first-order chi connectivity index (χ1) is 8.06. The van der Waals surface area contributed by atoms with E-state index in [1.165, 1.54) is 0 Å². The van der Waals surface area contributed by atoms with Crippen molar-refractivity contribution < 1.29 is 9.90 Å². The predicted octanol–water partition coefficient (Wildman–Crippen LogP) is 2.92. The Morgan fingerprint density at radius 3 is 2.82 bits per heavy atom. The molecule has 0 fully saturated rings. The number of aromatic nitrogens is 2. The maximum Gasteiger partial charge on any atom is 0.307 e. The van der Waals surface area contributed by atoms with Crippen LogP contribution in [-0.2, 0) is 11.2 Å². The van der Waals surface area contributed by atoms with Crippen molar-refractivity contribution in [2.45, 2.75) is 6.42 Å². The highest BCUT2D eigenvalue weighted by Crippen LogP contribution is 2.23. The summed E-state index contributed by atoms with van der Waals surface area (Å²) in [4.78, 5) is 10.6. The number of carboxylic acids is 1. The highest BCUT2D eigenvalue weighted by molar-refractivity contribution is 9.10. The molecule has 0 saturated carbocycles. The second kappa shape index (κ2) is 4.89. The molecule has 0 aliphatic heterocycles. The van der Waals surface area contributed by atoms with Crippen molar-refractivity contribution in [3.05, 3.63) is 45.7 Å². The average molecular weight is 316 g/mol. The van der Waals surface area contributed by atoms with E-state index in [-0.39, 0.29) is 6.42 Å². The van der Waals surface area contributed by atoms with Gasteiger partial charge in [0.1, 0.15) is 0 Å². The fourth-order valence-electron chi connectivity index (χ4n) is 1.45. The molecule has 1 aromatic heterocycles. The number of nitrogens with zero attached hydrogens (tertiary/aromatic N) is 2. The summed E-state index contributed by atoms with van der Waals surface area (Å²) in [6.45, 7) is 0. The van der Waals surface area contributed by atoms with E-state index in [1.54, 1.807) is 35.3 Å². The largest absolute Gasteiger partial charge is 0.481 e. The van der Waals surface area contributed by atoms with E-state index < -0.39 is 5.97 Å². The molecule has 0 aliphatic carbocycles. The molecule has 88 valence electrons. The molecule has 17 heavy (non-hydrogen) atoms. The maximum absolute atomic E-state index is 10.6. The van der Waals surface area contributed by atoms with Crippen LogP contribution in [0.3, 0.4) is 0 Å². The first-order valence-corrected chi connectivity index (χ1v) is 5.94. The zero-order chi connectivity index (χ0) is 12.4. The number of hydrogen-bond acceptors (Lipinski definition) is 2. The molecule has 0 radical (unpaired) electrons. The lowest BCUT2D eigenvalue weighted by Crippen LogP contribution is -2.01. The van der Waals surface area contributed by atoms with Gasteiger partial charge in [-0.3, -0.25) is 4.79 Å². The lowest BCUT2D eigenvalue weighted by Gasteiger charge is -2.06. The van der Waals surface area contributed by atoms with Gasteiger partial charge in [0.25, 0.3) is 0 Å². The third-order valence-electron chi connectivity index (χ3n) is 2.17. The maximum atomic E-state index is 10.6. The summed E-state index contributed by atoms with van der Waals surface area (Å²) in [5.74, 6) is -0.855. The average Bonchev–Trinajstić information content (AvgIpc) is 2.64. The van der Waals surface area contributed by atoms with Crippen LogP contribution in [0.2, 0.25) is 5.02 Å². The molecule has 2 aromatic rings. The minimum atomic E-state index is -0.855. The third kappa shape index (κ3) is 2.87. The molecule has 0 aliphatic rings. The zero-order valence-corrected chi connectivity index (χ0v) is 10.9. The van der Waals surface area contributed by atoms with Crippen LogP contribution in [0, 0.1) is 0 Å². The summed E-state index contributed by atoms with van der Waals surface area (Å²) in [7, 11) is 0. The molecule has 2 rings (SSSR count). The highest BCUT2D eigenvalue weighted by atomic mass is 79.9. The van der Waals surface area contributed by atoms with Crippen molar-refractivity contribution in [2.75, 3.05) is 0 Å². The second-order valence-electron chi connectivity index (χ2n) is 3.46. The smallest absolute Gasteiger partial charge is 0.307 e. The molecule has 6 heteroatoms. The first kappa shape index (κ1) is 12.1. The van der Waals surface area contributed by atoms with E-state index in [2.05, 4.69) is 21.0 Å². The van der Waals surface area contributed by atoms with Crippen LogP contribution < -0.4 is 0 Å². The normalized spacial score (nSPS) is 10.5. The third-order valence-corrected chi connectivity index (χ3v) is 3.00. The van der Waals surface area contributed by atoms with E-state index >= 15 is 0 Å². The molecule has 0 unspecified atom stereocenters. The number of carbonyl (C=O) groups is 1. The lowest BCUT2D eigenvalue weighted by atomic mass is 10.1. The van der Waals surface area contributed by atoms with E-state index in [1.807, 2.05) is 0 Å². The Labute approximate surface area is 111 Å². The van der Waals surface area contributed by atoms with Crippen molar-refractivity contribution in [1.29, 1.82) is 0 Å². The topological polar surface area (TPSA) is 55.1 Å². The fraction of sp³-hybridized carbons (Fsp3) is 0.0909. The van der Waals surface area contributed by atoms with E-state index in [0.717, 1.165) is 15.7 Å². The molecule has 1 heterocycles. The molecule has 0 spiro atoms. The summed E-state index contributed by atoms with van der Waals surface area (Å²) in [5.41, 5.74) is 1.54. The SMILES string of the molecule is O=C(O)Cc1ccc(-n2cc(Cl)cn2)c(Br)c1. The van der Waals surface area contributed by atoms with Gasteiger partial charge in [0, 0.05) is 10.7 Å².